The van der Waals surface area contributed by atoms with E-state index in [0.717, 1.165) is 33.4 Å². The SMILES string of the molecule is Cc1c(-c2ccccc2)n(-c2ccc(Cl)cc2)c2ccc(C(C)C)cc2c1=O. The summed E-state index contributed by atoms with van der Waals surface area (Å²) in [5.74, 6) is 0.363. The van der Waals surface area contributed by atoms with Crippen LogP contribution in [-0.4, -0.2) is 4.57 Å². The van der Waals surface area contributed by atoms with E-state index in [-0.39, 0.29) is 5.43 Å². The van der Waals surface area contributed by atoms with Crippen molar-refractivity contribution in [1.29, 1.82) is 0 Å². The van der Waals surface area contributed by atoms with Crippen molar-refractivity contribution in [2.75, 3.05) is 0 Å². The van der Waals surface area contributed by atoms with E-state index in [0.29, 0.717) is 10.9 Å². The molecule has 0 aliphatic heterocycles. The Kier molecular flexibility index (Phi) is 4.82. The summed E-state index contributed by atoms with van der Waals surface area (Å²) in [6.07, 6.45) is 0. The summed E-state index contributed by atoms with van der Waals surface area (Å²) < 4.78 is 2.17. The van der Waals surface area contributed by atoms with E-state index in [1.807, 2.05) is 67.6 Å². The molecule has 0 saturated carbocycles. The van der Waals surface area contributed by atoms with Crippen LogP contribution < -0.4 is 5.43 Å². The van der Waals surface area contributed by atoms with E-state index in [4.69, 9.17) is 11.6 Å². The molecule has 4 rings (SSSR count). The Morgan fingerprint density at radius 1 is 0.893 bits per heavy atom. The summed E-state index contributed by atoms with van der Waals surface area (Å²) in [6.45, 7) is 6.20. The molecular formula is C25H22ClNO. The number of benzene rings is 3. The quantitative estimate of drug-likeness (QED) is 0.381. The molecule has 3 aromatic carbocycles. The van der Waals surface area contributed by atoms with E-state index < -0.39 is 0 Å². The highest BCUT2D eigenvalue weighted by atomic mass is 35.5. The maximum absolute atomic E-state index is 13.3. The largest absolute Gasteiger partial charge is 0.309 e. The van der Waals surface area contributed by atoms with Crippen molar-refractivity contribution in [3.8, 4) is 16.9 Å². The van der Waals surface area contributed by atoms with Gasteiger partial charge in [0, 0.05) is 21.7 Å². The highest BCUT2D eigenvalue weighted by molar-refractivity contribution is 6.30. The summed E-state index contributed by atoms with van der Waals surface area (Å²) in [6, 6.07) is 24.0. The van der Waals surface area contributed by atoms with Gasteiger partial charge in [-0.25, -0.2) is 0 Å². The average Bonchev–Trinajstić information content (AvgIpc) is 2.71. The van der Waals surface area contributed by atoms with E-state index in [1.54, 1.807) is 0 Å². The summed E-state index contributed by atoms with van der Waals surface area (Å²) in [5.41, 5.74) is 5.81. The molecule has 2 nitrogen and oxygen atoms in total. The molecule has 0 aliphatic rings. The first-order chi connectivity index (χ1) is 13.5. The van der Waals surface area contributed by atoms with Crippen LogP contribution in [0.15, 0.2) is 77.6 Å². The number of hydrogen-bond acceptors (Lipinski definition) is 1. The van der Waals surface area contributed by atoms with Crippen LogP contribution >= 0.6 is 11.6 Å². The summed E-state index contributed by atoms with van der Waals surface area (Å²) in [5, 5.41) is 1.44. The molecule has 0 radical (unpaired) electrons. The molecule has 0 amide bonds. The van der Waals surface area contributed by atoms with Crippen LogP contribution in [0.5, 0.6) is 0 Å². The Balaban J connectivity index is 2.17. The maximum atomic E-state index is 13.3. The highest BCUT2D eigenvalue weighted by Gasteiger charge is 2.17. The lowest BCUT2D eigenvalue weighted by atomic mass is 9.97. The molecule has 0 atom stereocenters. The summed E-state index contributed by atoms with van der Waals surface area (Å²) in [4.78, 5) is 13.3. The second kappa shape index (κ2) is 7.29. The van der Waals surface area contributed by atoms with Crippen LogP contribution in [0, 0.1) is 6.92 Å². The smallest absolute Gasteiger partial charge is 0.192 e. The first-order valence-corrected chi connectivity index (χ1v) is 9.86. The molecule has 3 heteroatoms. The van der Waals surface area contributed by atoms with E-state index in [9.17, 15) is 4.79 Å². The fraction of sp³-hybridized carbons (Fsp3) is 0.160. The van der Waals surface area contributed by atoms with Gasteiger partial charge in [0.2, 0.25) is 0 Å². The first-order valence-electron chi connectivity index (χ1n) is 9.48. The minimum Gasteiger partial charge on any atom is -0.309 e. The Labute approximate surface area is 170 Å². The predicted molar refractivity (Wildman–Crippen MR) is 119 cm³/mol. The molecule has 0 spiro atoms. The molecule has 4 aromatic rings. The van der Waals surface area contributed by atoms with Crippen molar-refractivity contribution < 1.29 is 0 Å². The predicted octanol–water partition coefficient (Wildman–Crippen LogP) is 6.74. The van der Waals surface area contributed by atoms with Crippen molar-refractivity contribution in [3.63, 3.8) is 0 Å². The summed E-state index contributed by atoms with van der Waals surface area (Å²) >= 11 is 6.13. The van der Waals surface area contributed by atoms with Gasteiger partial charge in [-0.1, -0.05) is 61.8 Å². The van der Waals surface area contributed by atoms with Gasteiger partial charge >= 0.3 is 0 Å². The topological polar surface area (TPSA) is 22.0 Å². The van der Waals surface area contributed by atoms with Gasteiger partial charge in [0.15, 0.2) is 5.43 Å². The molecule has 28 heavy (non-hydrogen) atoms. The number of halogens is 1. The minimum absolute atomic E-state index is 0.0848. The fourth-order valence-corrected chi connectivity index (χ4v) is 3.81. The van der Waals surface area contributed by atoms with Gasteiger partial charge in [-0.05, 0) is 60.4 Å². The zero-order chi connectivity index (χ0) is 19.8. The van der Waals surface area contributed by atoms with Crippen molar-refractivity contribution >= 4 is 22.5 Å². The lowest BCUT2D eigenvalue weighted by Gasteiger charge is -2.21. The van der Waals surface area contributed by atoms with Gasteiger partial charge in [-0.15, -0.1) is 0 Å². The Morgan fingerprint density at radius 2 is 1.57 bits per heavy atom. The number of fused-ring (bicyclic) bond motifs is 1. The number of hydrogen-bond donors (Lipinski definition) is 0. The standard InChI is InChI=1S/C25H22ClNO/c1-16(2)19-9-14-23-22(15-19)25(28)17(3)24(18-7-5-4-6-8-18)27(23)21-12-10-20(26)11-13-21/h4-16H,1-3H3. The molecule has 140 valence electrons. The molecule has 0 fully saturated rings. The van der Waals surface area contributed by atoms with Gasteiger partial charge in [0.1, 0.15) is 0 Å². The Bertz CT molecular complexity index is 1210. The van der Waals surface area contributed by atoms with E-state index >= 15 is 0 Å². The van der Waals surface area contributed by atoms with Crippen LogP contribution in [0.1, 0.15) is 30.9 Å². The molecule has 0 aliphatic carbocycles. The second-order valence-corrected chi connectivity index (χ2v) is 7.85. The molecule has 0 unspecified atom stereocenters. The van der Waals surface area contributed by atoms with Crippen molar-refractivity contribution in [2.45, 2.75) is 26.7 Å². The first kappa shape index (κ1) is 18.5. The number of nitrogens with zero attached hydrogens (tertiary/aromatic N) is 1. The highest BCUT2D eigenvalue weighted by Crippen LogP contribution is 2.31. The molecular weight excluding hydrogens is 366 g/mol. The van der Waals surface area contributed by atoms with Crippen molar-refractivity contribution in [2.24, 2.45) is 0 Å². The van der Waals surface area contributed by atoms with Crippen LogP contribution in [0.3, 0.4) is 0 Å². The van der Waals surface area contributed by atoms with E-state index in [1.165, 1.54) is 5.56 Å². The Morgan fingerprint density at radius 3 is 2.21 bits per heavy atom. The van der Waals surface area contributed by atoms with Gasteiger partial charge in [0.05, 0.1) is 11.2 Å². The third-order valence-corrected chi connectivity index (χ3v) is 5.48. The van der Waals surface area contributed by atoms with Gasteiger partial charge in [0.25, 0.3) is 0 Å². The summed E-state index contributed by atoms with van der Waals surface area (Å²) in [7, 11) is 0. The van der Waals surface area contributed by atoms with Gasteiger partial charge < -0.3 is 4.57 Å². The molecule has 1 heterocycles. The lowest BCUT2D eigenvalue weighted by Crippen LogP contribution is -2.15. The zero-order valence-electron chi connectivity index (χ0n) is 16.2. The molecule has 0 bridgehead atoms. The number of rotatable bonds is 3. The average molecular weight is 388 g/mol. The van der Waals surface area contributed by atoms with Gasteiger partial charge in [-0.3, -0.25) is 4.79 Å². The third-order valence-electron chi connectivity index (χ3n) is 5.22. The number of aromatic nitrogens is 1. The van der Waals surface area contributed by atoms with Crippen molar-refractivity contribution in [3.05, 3.63) is 99.2 Å². The van der Waals surface area contributed by atoms with Gasteiger partial charge in [-0.2, -0.15) is 0 Å². The minimum atomic E-state index is 0.0848. The number of pyridine rings is 1. The van der Waals surface area contributed by atoms with Crippen LogP contribution in [-0.2, 0) is 0 Å². The lowest BCUT2D eigenvalue weighted by molar-refractivity contribution is 0.868. The Hall–Kier alpha value is -2.84. The molecule has 1 aromatic heterocycles. The van der Waals surface area contributed by atoms with E-state index in [2.05, 4.69) is 30.5 Å². The third kappa shape index (κ3) is 3.14. The van der Waals surface area contributed by atoms with Crippen molar-refractivity contribution in [1.82, 2.24) is 4.57 Å². The molecule has 0 saturated heterocycles. The zero-order valence-corrected chi connectivity index (χ0v) is 17.0. The molecule has 0 N–H and O–H groups in total. The fourth-order valence-electron chi connectivity index (χ4n) is 3.69. The second-order valence-electron chi connectivity index (χ2n) is 7.41. The maximum Gasteiger partial charge on any atom is 0.192 e. The normalized spacial score (nSPS) is 11.3. The van der Waals surface area contributed by atoms with Crippen LogP contribution in [0.25, 0.3) is 27.8 Å². The van der Waals surface area contributed by atoms with Crippen LogP contribution in [0.4, 0.5) is 0 Å². The monoisotopic (exact) mass is 387 g/mol. The van der Waals surface area contributed by atoms with Crippen LogP contribution in [0.2, 0.25) is 5.02 Å².